The van der Waals surface area contributed by atoms with Crippen LogP contribution in [-0.4, -0.2) is 68.8 Å². The molecule has 218 valence electrons. The van der Waals surface area contributed by atoms with E-state index in [1.807, 2.05) is 4.90 Å². The first kappa shape index (κ1) is 28.3. The Morgan fingerprint density at radius 3 is 2.45 bits per heavy atom. The van der Waals surface area contributed by atoms with Gasteiger partial charge in [-0.25, -0.2) is 13.1 Å². The number of carbonyl (C=O) groups is 1. The second-order valence-corrected chi connectivity index (χ2v) is 12.7. The van der Waals surface area contributed by atoms with Gasteiger partial charge in [-0.1, -0.05) is 0 Å². The van der Waals surface area contributed by atoms with Crippen LogP contribution in [0, 0.1) is 11.3 Å². The Labute approximate surface area is 229 Å². The smallest absolute Gasteiger partial charge is 0.393 e. The van der Waals surface area contributed by atoms with Crippen LogP contribution in [0.5, 0.6) is 0 Å². The number of pyridine rings is 1. The summed E-state index contributed by atoms with van der Waals surface area (Å²) in [6.07, 6.45) is 1.15. The Kier molecular flexibility index (Phi) is 7.50. The number of benzene rings is 1. The van der Waals surface area contributed by atoms with E-state index in [1.54, 1.807) is 6.07 Å². The molecule has 3 aliphatic rings. The van der Waals surface area contributed by atoms with Crippen LogP contribution in [0.15, 0.2) is 41.3 Å². The molecule has 1 saturated carbocycles. The second-order valence-electron chi connectivity index (χ2n) is 10.8. The molecule has 14 heteroatoms. The van der Waals surface area contributed by atoms with Crippen molar-refractivity contribution in [1.82, 2.24) is 4.68 Å². The van der Waals surface area contributed by atoms with Crippen LogP contribution < -0.4 is 25.5 Å². The van der Waals surface area contributed by atoms with Gasteiger partial charge in [0.2, 0.25) is 10.0 Å². The second kappa shape index (κ2) is 10.6. The van der Waals surface area contributed by atoms with E-state index in [9.17, 15) is 31.2 Å². The van der Waals surface area contributed by atoms with Gasteiger partial charge in [0.05, 0.1) is 35.2 Å². The lowest BCUT2D eigenvalue weighted by atomic mass is 9.93. The summed E-state index contributed by atoms with van der Waals surface area (Å²) in [5.41, 5.74) is 0.585. The Balaban J connectivity index is 1.39. The van der Waals surface area contributed by atoms with Gasteiger partial charge in [-0.05, 0) is 67.9 Å². The van der Waals surface area contributed by atoms with E-state index in [-0.39, 0.29) is 36.4 Å². The van der Waals surface area contributed by atoms with E-state index in [0.717, 1.165) is 17.5 Å². The Hall–Kier alpha value is -3.26. The minimum atomic E-state index is -4.35. The van der Waals surface area contributed by atoms with Gasteiger partial charge in [-0.3, -0.25) is 14.3 Å². The minimum Gasteiger partial charge on any atom is -0.395 e. The number of hydrogen-bond acceptors (Lipinski definition) is 7. The highest BCUT2D eigenvalue weighted by Gasteiger charge is 2.45. The molecule has 40 heavy (non-hydrogen) atoms. The zero-order valence-corrected chi connectivity index (χ0v) is 22.6. The summed E-state index contributed by atoms with van der Waals surface area (Å²) in [6, 6.07) is 7.35. The van der Waals surface area contributed by atoms with Crippen molar-refractivity contribution in [2.75, 3.05) is 58.5 Å². The lowest BCUT2D eigenvalue weighted by Crippen LogP contribution is -2.42. The molecule has 1 spiro atoms. The van der Waals surface area contributed by atoms with E-state index in [1.165, 1.54) is 48.3 Å². The molecule has 1 atom stereocenters. The zero-order valence-electron chi connectivity index (χ0n) is 21.8. The number of nitrogens with zero attached hydrogens (tertiary/aromatic N) is 3. The van der Waals surface area contributed by atoms with Crippen LogP contribution in [-0.2, 0) is 10.0 Å². The highest BCUT2D eigenvalue weighted by Crippen LogP contribution is 2.54. The Morgan fingerprint density at radius 1 is 1.10 bits per heavy atom. The summed E-state index contributed by atoms with van der Waals surface area (Å²) in [5, 5.41) is 13.0. The van der Waals surface area contributed by atoms with Crippen molar-refractivity contribution in [3.63, 3.8) is 0 Å². The van der Waals surface area contributed by atoms with Crippen LogP contribution in [0.2, 0.25) is 0 Å². The van der Waals surface area contributed by atoms with Crippen molar-refractivity contribution in [2.45, 2.75) is 38.3 Å². The largest absolute Gasteiger partial charge is 0.395 e. The molecule has 2 saturated heterocycles. The highest BCUT2D eigenvalue weighted by atomic mass is 32.2. The van der Waals surface area contributed by atoms with Crippen molar-refractivity contribution < 1.29 is 31.5 Å². The van der Waals surface area contributed by atoms with E-state index < -0.39 is 45.9 Å². The molecule has 0 unspecified atom stereocenters. The van der Waals surface area contributed by atoms with Gasteiger partial charge >= 0.3 is 6.18 Å². The third kappa shape index (κ3) is 6.07. The number of carbonyl (C=O) groups excluding carboxylic acids is 1. The minimum absolute atomic E-state index is 0.0513. The first-order valence-corrected chi connectivity index (χ1v) is 14.9. The van der Waals surface area contributed by atoms with Crippen molar-refractivity contribution in [3.05, 3.63) is 52.4 Å². The normalized spacial score (nSPS) is 20.6. The third-order valence-corrected chi connectivity index (χ3v) is 9.38. The molecule has 2 aliphatic heterocycles. The molecule has 1 aliphatic carbocycles. The number of piperidine rings is 1. The van der Waals surface area contributed by atoms with Crippen LogP contribution in [0.3, 0.4) is 0 Å². The molecule has 1 aromatic heterocycles. The first-order chi connectivity index (χ1) is 18.9. The number of halogens is 3. The Bertz CT molecular complexity index is 1430. The van der Waals surface area contributed by atoms with Crippen molar-refractivity contribution in [2.24, 2.45) is 11.3 Å². The molecular weight excluding hydrogens is 551 g/mol. The van der Waals surface area contributed by atoms with Crippen LogP contribution in [0.1, 0.15) is 42.5 Å². The van der Waals surface area contributed by atoms with Crippen LogP contribution >= 0.6 is 0 Å². The molecule has 1 aromatic carbocycles. The predicted molar refractivity (Wildman–Crippen MR) is 145 cm³/mol. The van der Waals surface area contributed by atoms with Crippen molar-refractivity contribution in [1.29, 1.82) is 0 Å². The average Bonchev–Trinajstić information content (AvgIpc) is 3.43. The summed E-state index contributed by atoms with van der Waals surface area (Å²) in [6.45, 7) is 0.520. The number of rotatable bonds is 8. The summed E-state index contributed by atoms with van der Waals surface area (Å²) < 4.78 is 67.5. The van der Waals surface area contributed by atoms with Crippen molar-refractivity contribution >= 4 is 33.0 Å². The van der Waals surface area contributed by atoms with E-state index >= 15 is 0 Å². The number of hydrogen-bond donors (Lipinski definition) is 3. The van der Waals surface area contributed by atoms with Gasteiger partial charge in [0.25, 0.3) is 11.5 Å². The quantitative estimate of drug-likeness (QED) is 0.437. The van der Waals surface area contributed by atoms with Crippen molar-refractivity contribution in [3.8, 4) is 0 Å². The van der Waals surface area contributed by atoms with Crippen LogP contribution in [0.25, 0.3) is 0 Å². The number of alkyl halides is 3. The number of nitrogens with one attached hydrogen (secondary N) is 2. The van der Waals surface area contributed by atoms with E-state index in [4.69, 9.17) is 5.11 Å². The summed E-state index contributed by atoms with van der Waals surface area (Å²) in [4.78, 5) is 28.6. The average molecular weight is 584 g/mol. The maximum atomic E-state index is 13.5. The number of aliphatic hydroxyl groups excluding tert-OH is 1. The monoisotopic (exact) mass is 583 g/mol. The number of anilines is 3. The summed E-state index contributed by atoms with van der Waals surface area (Å²) in [5.74, 6) is -2.61. The van der Waals surface area contributed by atoms with Gasteiger partial charge < -0.3 is 20.3 Å². The van der Waals surface area contributed by atoms with Crippen LogP contribution in [0.4, 0.5) is 30.2 Å². The fourth-order valence-electron chi connectivity index (χ4n) is 5.49. The number of aromatic nitrogens is 1. The highest BCUT2D eigenvalue weighted by molar-refractivity contribution is 7.92. The molecule has 2 aromatic rings. The van der Waals surface area contributed by atoms with E-state index in [2.05, 4.69) is 10.0 Å². The summed E-state index contributed by atoms with van der Waals surface area (Å²) in [7, 11) is -3.79. The SMILES string of the molecule is O=C(Nc1cccn(N2CC[C@H](C(F)(F)F)C2)c1=O)c1ccc(NS(=O)(=O)CCO)cc1N1CCC2(CC1)CC2. The topological polar surface area (TPSA) is 124 Å². The molecule has 5 rings (SSSR count). The molecule has 10 nitrogen and oxygen atoms in total. The molecule has 3 N–H and O–H groups in total. The third-order valence-electron chi connectivity index (χ3n) is 8.11. The molecule has 0 bridgehead atoms. The van der Waals surface area contributed by atoms with Gasteiger partial charge in [0.15, 0.2) is 0 Å². The number of amides is 1. The maximum Gasteiger partial charge on any atom is 0.393 e. The van der Waals surface area contributed by atoms with E-state index in [0.29, 0.717) is 24.2 Å². The molecule has 3 heterocycles. The fraction of sp³-hybridized carbons (Fsp3) is 0.538. The van der Waals surface area contributed by atoms with Gasteiger partial charge in [-0.2, -0.15) is 13.2 Å². The molecule has 1 amide bonds. The van der Waals surface area contributed by atoms with Gasteiger partial charge in [0, 0.05) is 32.4 Å². The molecular formula is C26H32F3N5O5S. The fourth-order valence-corrected chi connectivity index (χ4v) is 6.32. The predicted octanol–water partition coefficient (Wildman–Crippen LogP) is 2.74. The summed E-state index contributed by atoms with van der Waals surface area (Å²) >= 11 is 0. The number of sulfonamides is 1. The standard InChI is InChI=1S/C26H32F3N5O5S/c27-26(28,29)18-5-11-33(17-18)34-10-1-2-21(24(34)37)30-23(36)20-4-3-19(31-40(38,39)15-14-35)16-22(20)32-12-8-25(6-7-25)9-13-32/h1-4,10,16,18,31,35H,5-9,11-15,17H2,(H,30,36)/t18-/m0/s1. The zero-order chi connectivity index (χ0) is 28.7. The lowest BCUT2D eigenvalue weighted by Gasteiger charge is -2.35. The number of aliphatic hydroxyl groups is 1. The van der Waals surface area contributed by atoms with Gasteiger partial charge in [-0.15, -0.1) is 0 Å². The van der Waals surface area contributed by atoms with Gasteiger partial charge in [0.1, 0.15) is 5.69 Å². The first-order valence-electron chi connectivity index (χ1n) is 13.3. The maximum absolute atomic E-state index is 13.5. The Morgan fingerprint density at radius 2 is 1.82 bits per heavy atom. The molecule has 0 radical (unpaired) electrons. The lowest BCUT2D eigenvalue weighted by molar-refractivity contribution is -0.168. The molecule has 3 fully saturated rings.